The molecule has 2 unspecified atom stereocenters. The van der Waals surface area contributed by atoms with E-state index in [2.05, 4.69) is 5.32 Å². The fourth-order valence-corrected chi connectivity index (χ4v) is 4.99. The SMILES string of the molecule is CC(O[P+](=O)[C@@H](CCc1ccccc1)NCc1ccccc1)C(=O)N1CCC[C@H]1C(=O)O. The molecule has 0 radical (unpaired) electrons. The lowest BCUT2D eigenvalue weighted by Gasteiger charge is -2.23. The van der Waals surface area contributed by atoms with Crippen molar-refractivity contribution < 1.29 is 23.8 Å². The predicted octanol–water partition coefficient (Wildman–Crippen LogP) is 3.96. The highest BCUT2D eigenvalue weighted by molar-refractivity contribution is 7.40. The van der Waals surface area contributed by atoms with Gasteiger partial charge in [-0.1, -0.05) is 60.7 Å². The first-order valence-electron chi connectivity index (χ1n) is 10.9. The summed E-state index contributed by atoms with van der Waals surface area (Å²) in [6.07, 6.45) is 1.39. The van der Waals surface area contributed by atoms with E-state index in [9.17, 15) is 19.3 Å². The summed E-state index contributed by atoms with van der Waals surface area (Å²) in [5.74, 6) is -1.89. The number of carboxylic acid groups (broad SMARTS) is 1. The lowest BCUT2D eigenvalue weighted by atomic mass is 10.1. The highest BCUT2D eigenvalue weighted by Crippen LogP contribution is 2.34. The normalized spacial score (nSPS) is 18.2. The molecule has 1 aliphatic heterocycles. The van der Waals surface area contributed by atoms with Gasteiger partial charge in [0.25, 0.3) is 5.91 Å². The number of carbonyl (C=O) groups is 2. The molecule has 4 atom stereocenters. The summed E-state index contributed by atoms with van der Waals surface area (Å²) in [6.45, 7) is 2.45. The Morgan fingerprint density at radius 1 is 1.12 bits per heavy atom. The molecule has 1 aliphatic rings. The third-order valence-corrected chi connectivity index (χ3v) is 7.09. The first kappa shape index (κ1) is 24.1. The number of nitrogens with zero attached hydrogens (tertiary/aromatic N) is 1. The van der Waals surface area contributed by atoms with Gasteiger partial charge in [0.1, 0.15) is 6.04 Å². The van der Waals surface area contributed by atoms with Gasteiger partial charge in [-0.2, -0.15) is 0 Å². The van der Waals surface area contributed by atoms with Crippen LogP contribution in [0.15, 0.2) is 60.7 Å². The van der Waals surface area contributed by atoms with Crippen molar-refractivity contribution in [1.29, 1.82) is 0 Å². The number of amides is 1. The summed E-state index contributed by atoms with van der Waals surface area (Å²) in [5, 5.41) is 12.7. The first-order valence-corrected chi connectivity index (χ1v) is 12.2. The van der Waals surface area contributed by atoms with Gasteiger partial charge < -0.3 is 10.0 Å². The first-order chi connectivity index (χ1) is 15.5. The lowest BCUT2D eigenvalue weighted by Crippen LogP contribution is -2.45. The van der Waals surface area contributed by atoms with Crippen LogP contribution in [0.1, 0.15) is 37.3 Å². The number of aliphatic carboxylic acids is 1. The molecule has 0 aromatic heterocycles. The van der Waals surface area contributed by atoms with Gasteiger partial charge in [-0.25, -0.2) is 4.79 Å². The lowest BCUT2D eigenvalue weighted by molar-refractivity contribution is -0.150. The quantitative estimate of drug-likeness (QED) is 0.496. The summed E-state index contributed by atoms with van der Waals surface area (Å²) in [6, 6.07) is 18.9. The predicted molar refractivity (Wildman–Crippen MR) is 122 cm³/mol. The minimum atomic E-state index is -2.21. The second-order valence-corrected chi connectivity index (χ2v) is 9.37. The molecular weight excluding hydrogens is 427 g/mol. The molecule has 1 heterocycles. The zero-order valence-electron chi connectivity index (χ0n) is 18.2. The summed E-state index contributed by atoms with van der Waals surface area (Å²) in [7, 11) is -2.21. The van der Waals surface area contributed by atoms with Crippen molar-refractivity contribution in [3.8, 4) is 0 Å². The van der Waals surface area contributed by atoms with Crippen LogP contribution < -0.4 is 5.32 Å². The Morgan fingerprint density at radius 2 is 1.75 bits per heavy atom. The molecule has 170 valence electrons. The maximum Gasteiger partial charge on any atom is 0.528 e. The van der Waals surface area contributed by atoms with Crippen molar-refractivity contribution in [2.24, 2.45) is 0 Å². The van der Waals surface area contributed by atoms with Crippen molar-refractivity contribution >= 4 is 19.9 Å². The zero-order valence-corrected chi connectivity index (χ0v) is 19.1. The van der Waals surface area contributed by atoms with Gasteiger partial charge >= 0.3 is 14.0 Å². The topological polar surface area (TPSA) is 95.9 Å². The van der Waals surface area contributed by atoms with E-state index in [0.717, 1.165) is 11.1 Å². The number of hydrogen-bond donors (Lipinski definition) is 2. The van der Waals surface area contributed by atoms with Gasteiger partial charge in [0, 0.05) is 19.5 Å². The molecule has 2 N–H and O–H groups in total. The van der Waals surface area contributed by atoms with Crippen LogP contribution in [0.3, 0.4) is 0 Å². The Morgan fingerprint density at radius 3 is 2.38 bits per heavy atom. The van der Waals surface area contributed by atoms with E-state index in [-0.39, 0.29) is 0 Å². The molecule has 7 nitrogen and oxygen atoms in total. The molecule has 0 spiro atoms. The fourth-order valence-electron chi connectivity index (χ4n) is 3.86. The molecule has 2 aromatic rings. The Hall–Kier alpha value is -2.60. The van der Waals surface area contributed by atoms with Gasteiger partial charge in [-0.15, -0.1) is 4.52 Å². The number of likely N-dealkylation sites (tertiary alicyclic amines) is 1. The maximum atomic E-state index is 13.1. The van der Waals surface area contributed by atoms with Crippen molar-refractivity contribution in [2.45, 2.75) is 57.1 Å². The van der Waals surface area contributed by atoms with Gasteiger partial charge in [-0.3, -0.25) is 10.1 Å². The van der Waals surface area contributed by atoms with Crippen LogP contribution in [0.2, 0.25) is 0 Å². The van der Waals surface area contributed by atoms with Gasteiger partial charge in [0.15, 0.2) is 6.10 Å². The Kier molecular flexibility index (Phi) is 8.91. The zero-order chi connectivity index (χ0) is 22.9. The van der Waals surface area contributed by atoms with E-state index < -0.39 is 37.8 Å². The Bertz CT molecular complexity index is 866. The van der Waals surface area contributed by atoms with E-state index in [1.807, 2.05) is 60.7 Å². The maximum absolute atomic E-state index is 13.1. The van der Waals surface area contributed by atoms with E-state index in [1.165, 1.54) is 11.8 Å². The largest absolute Gasteiger partial charge is 0.528 e. The minimum Gasteiger partial charge on any atom is -0.480 e. The molecule has 3 rings (SSSR count). The number of hydrogen-bond acceptors (Lipinski definition) is 5. The molecule has 32 heavy (non-hydrogen) atoms. The molecule has 1 fully saturated rings. The third-order valence-electron chi connectivity index (χ3n) is 5.62. The van der Waals surface area contributed by atoms with Crippen molar-refractivity contribution in [3.63, 3.8) is 0 Å². The molecule has 0 aliphatic carbocycles. The van der Waals surface area contributed by atoms with E-state index >= 15 is 0 Å². The molecule has 2 aromatic carbocycles. The number of rotatable bonds is 11. The molecule has 0 bridgehead atoms. The number of carboxylic acids is 1. The van der Waals surface area contributed by atoms with Gasteiger partial charge in [0.2, 0.25) is 5.78 Å². The Balaban J connectivity index is 1.63. The van der Waals surface area contributed by atoms with Crippen LogP contribution in [0.25, 0.3) is 0 Å². The third kappa shape index (κ3) is 6.70. The van der Waals surface area contributed by atoms with E-state index in [1.54, 1.807) is 0 Å². The summed E-state index contributed by atoms with van der Waals surface area (Å²) < 4.78 is 18.8. The number of benzene rings is 2. The van der Waals surface area contributed by atoms with Crippen LogP contribution in [-0.2, 0) is 31.6 Å². The Labute approximate surface area is 189 Å². The highest BCUT2D eigenvalue weighted by Gasteiger charge is 2.41. The van der Waals surface area contributed by atoms with Crippen molar-refractivity contribution in [2.75, 3.05) is 6.54 Å². The van der Waals surface area contributed by atoms with Crippen LogP contribution in [-0.4, -0.2) is 46.4 Å². The minimum absolute atomic E-state index is 0.379. The average molecular weight is 457 g/mol. The second kappa shape index (κ2) is 11.9. The highest BCUT2D eigenvalue weighted by atomic mass is 31.1. The number of carbonyl (C=O) groups excluding carboxylic acids is 1. The smallest absolute Gasteiger partial charge is 0.480 e. The average Bonchev–Trinajstić information content (AvgIpc) is 3.30. The number of nitrogens with one attached hydrogen (secondary N) is 1. The van der Waals surface area contributed by atoms with Crippen LogP contribution in [0, 0.1) is 0 Å². The monoisotopic (exact) mass is 457 g/mol. The van der Waals surface area contributed by atoms with Crippen molar-refractivity contribution in [3.05, 3.63) is 71.8 Å². The van der Waals surface area contributed by atoms with Crippen LogP contribution in [0.5, 0.6) is 0 Å². The second-order valence-electron chi connectivity index (χ2n) is 7.97. The van der Waals surface area contributed by atoms with E-state index in [0.29, 0.717) is 38.8 Å². The molecule has 1 amide bonds. The summed E-state index contributed by atoms with van der Waals surface area (Å²) >= 11 is 0. The molecular formula is C24H30N2O5P+. The molecule has 1 saturated heterocycles. The van der Waals surface area contributed by atoms with Crippen LogP contribution in [0.4, 0.5) is 0 Å². The molecule has 0 saturated carbocycles. The molecule has 8 heteroatoms. The summed E-state index contributed by atoms with van der Waals surface area (Å²) in [4.78, 5) is 25.5. The van der Waals surface area contributed by atoms with Gasteiger partial charge in [-0.05, 0) is 41.9 Å². The summed E-state index contributed by atoms with van der Waals surface area (Å²) in [5.41, 5.74) is 2.19. The standard InChI is InChI=1S/C24H29N2O5P/c1-18(23(27)26-16-8-13-21(26)24(28)29)31-32(30)22(15-14-19-9-4-2-5-10-19)25-17-20-11-6-3-7-12-20/h2-7,9-12,18,21-22,25H,8,13-17H2,1H3/p+1/t18?,21-,22-/m0/s1. The fraction of sp³-hybridized carbons (Fsp3) is 0.417. The van der Waals surface area contributed by atoms with E-state index in [4.69, 9.17) is 4.52 Å². The van der Waals surface area contributed by atoms with Crippen molar-refractivity contribution in [1.82, 2.24) is 10.2 Å². The number of aryl methyl sites for hydroxylation is 1. The van der Waals surface area contributed by atoms with Crippen LogP contribution >= 0.6 is 8.03 Å². The van der Waals surface area contributed by atoms with Gasteiger partial charge in [0.05, 0.1) is 0 Å².